The maximum absolute atomic E-state index is 11.2. The van der Waals surface area contributed by atoms with Gasteiger partial charge in [0.15, 0.2) is 0 Å². The van der Waals surface area contributed by atoms with E-state index in [0.29, 0.717) is 5.75 Å². The molecule has 1 aromatic carbocycles. The summed E-state index contributed by atoms with van der Waals surface area (Å²) in [6, 6.07) is 5.67. The summed E-state index contributed by atoms with van der Waals surface area (Å²) in [5, 5.41) is 0. The minimum Gasteiger partial charge on any atom is -0.487 e. The Kier molecular flexibility index (Phi) is 9.61. The van der Waals surface area contributed by atoms with E-state index in [-0.39, 0.29) is 11.6 Å². The van der Waals surface area contributed by atoms with Gasteiger partial charge in [0.05, 0.1) is 0 Å². The van der Waals surface area contributed by atoms with Crippen molar-refractivity contribution >= 4 is 5.97 Å². The maximum atomic E-state index is 11.2. The molecule has 1 heterocycles. The Bertz CT molecular complexity index is 840. The summed E-state index contributed by atoms with van der Waals surface area (Å²) in [4.78, 5) is 11.2. The van der Waals surface area contributed by atoms with Crippen LogP contribution in [-0.2, 0) is 11.2 Å². The number of ether oxygens (including phenoxy) is 2. The first-order valence-corrected chi connectivity index (χ1v) is 11.6. The fraction of sp³-hybridized carbons (Fsp3) is 0.536. The number of esters is 1. The number of carbonyl (C=O) groups is 1. The van der Waals surface area contributed by atoms with Crippen LogP contribution in [0.15, 0.2) is 53.1 Å². The number of rotatable bonds is 10. The largest absolute Gasteiger partial charge is 0.487 e. The normalized spacial score (nSPS) is 18.8. The smallest absolute Gasteiger partial charge is 0.308 e. The fourth-order valence-corrected chi connectivity index (χ4v) is 3.93. The van der Waals surface area contributed by atoms with E-state index in [1.807, 2.05) is 18.2 Å². The van der Waals surface area contributed by atoms with E-state index < -0.39 is 0 Å². The molecule has 170 valence electrons. The van der Waals surface area contributed by atoms with Gasteiger partial charge in [0.25, 0.3) is 0 Å². The molecule has 0 saturated heterocycles. The van der Waals surface area contributed by atoms with Crippen molar-refractivity contribution in [2.24, 2.45) is 0 Å². The Morgan fingerprint density at radius 2 is 1.65 bits per heavy atom. The lowest BCUT2D eigenvalue weighted by molar-refractivity contribution is -0.131. The molecule has 1 unspecified atom stereocenters. The Morgan fingerprint density at radius 3 is 2.29 bits per heavy atom. The molecule has 0 aromatic heterocycles. The van der Waals surface area contributed by atoms with E-state index in [1.54, 1.807) is 0 Å². The summed E-state index contributed by atoms with van der Waals surface area (Å²) >= 11 is 0. The van der Waals surface area contributed by atoms with Gasteiger partial charge in [-0.15, -0.1) is 0 Å². The van der Waals surface area contributed by atoms with Crippen LogP contribution in [0.2, 0.25) is 0 Å². The molecule has 1 aliphatic rings. The quantitative estimate of drug-likeness (QED) is 0.217. The number of carbonyl (C=O) groups excluding carboxylic acids is 1. The molecule has 0 fully saturated rings. The zero-order valence-corrected chi connectivity index (χ0v) is 20.3. The molecule has 0 radical (unpaired) electrons. The minimum atomic E-state index is -0.293. The molecule has 1 aliphatic heterocycles. The van der Waals surface area contributed by atoms with E-state index in [4.69, 9.17) is 9.47 Å². The van der Waals surface area contributed by atoms with E-state index in [1.165, 1.54) is 23.6 Å². The lowest BCUT2D eigenvalue weighted by Gasteiger charge is -2.36. The molecule has 2 rings (SSSR count). The van der Waals surface area contributed by atoms with Gasteiger partial charge in [-0.3, -0.25) is 4.79 Å². The number of hydrogen-bond donors (Lipinski definition) is 0. The summed E-state index contributed by atoms with van der Waals surface area (Å²) in [6.45, 7) is 12.4. The number of aryl methyl sites for hydroxylation is 1. The van der Waals surface area contributed by atoms with Crippen molar-refractivity contribution in [1.29, 1.82) is 0 Å². The van der Waals surface area contributed by atoms with Gasteiger partial charge < -0.3 is 9.47 Å². The molecule has 0 N–H and O–H groups in total. The number of benzene rings is 1. The molecule has 3 heteroatoms. The highest BCUT2D eigenvalue weighted by Crippen LogP contribution is 2.37. The van der Waals surface area contributed by atoms with Gasteiger partial charge in [-0.05, 0) is 110 Å². The van der Waals surface area contributed by atoms with Crippen molar-refractivity contribution in [1.82, 2.24) is 0 Å². The third-order valence-corrected chi connectivity index (χ3v) is 5.86. The van der Waals surface area contributed by atoms with Crippen LogP contribution in [0.25, 0.3) is 0 Å². The minimum absolute atomic E-state index is 0.145. The molecule has 31 heavy (non-hydrogen) atoms. The Labute approximate surface area is 189 Å². The van der Waals surface area contributed by atoms with Crippen molar-refractivity contribution in [3.05, 3.63) is 58.7 Å². The number of fused-ring (bicyclic) bond motifs is 1. The van der Waals surface area contributed by atoms with Gasteiger partial charge in [0.2, 0.25) is 0 Å². The predicted octanol–water partition coefficient (Wildman–Crippen LogP) is 7.90. The zero-order chi connectivity index (χ0) is 22.9. The van der Waals surface area contributed by atoms with Crippen molar-refractivity contribution in [3.63, 3.8) is 0 Å². The van der Waals surface area contributed by atoms with Crippen LogP contribution in [0.4, 0.5) is 0 Å². The Balaban J connectivity index is 1.78. The number of allylic oxidation sites excluding steroid dienone is 6. The average molecular weight is 425 g/mol. The molecule has 0 saturated carbocycles. The molecule has 0 aliphatic carbocycles. The Hall–Kier alpha value is -2.29. The monoisotopic (exact) mass is 424 g/mol. The Morgan fingerprint density at radius 1 is 1.00 bits per heavy atom. The third kappa shape index (κ3) is 9.16. The van der Waals surface area contributed by atoms with Gasteiger partial charge in [-0.1, -0.05) is 34.9 Å². The van der Waals surface area contributed by atoms with Gasteiger partial charge in [-0.2, -0.15) is 0 Å². The molecule has 0 amide bonds. The molecule has 1 atom stereocenters. The van der Waals surface area contributed by atoms with Gasteiger partial charge in [-0.25, -0.2) is 0 Å². The summed E-state index contributed by atoms with van der Waals surface area (Å²) < 4.78 is 11.5. The second kappa shape index (κ2) is 11.9. The van der Waals surface area contributed by atoms with Crippen molar-refractivity contribution < 1.29 is 14.3 Å². The van der Waals surface area contributed by atoms with Gasteiger partial charge >= 0.3 is 5.97 Å². The SMILES string of the molecule is CC(=O)Oc1ccc2c(c1)CCC(C)(CC/C=C(\C)CC/C=C(\C)CCC=C(C)C)O2. The molecule has 0 bridgehead atoms. The summed E-state index contributed by atoms with van der Waals surface area (Å²) in [5.41, 5.74) is 5.32. The van der Waals surface area contributed by atoms with Crippen molar-refractivity contribution in [3.8, 4) is 11.5 Å². The summed E-state index contributed by atoms with van der Waals surface area (Å²) in [7, 11) is 0. The van der Waals surface area contributed by atoms with Crippen LogP contribution in [-0.4, -0.2) is 11.6 Å². The van der Waals surface area contributed by atoms with Crippen molar-refractivity contribution in [2.75, 3.05) is 0 Å². The second-order valence-electron chi connectivity index (χ2n) is 9.41. The number of hydrogen-bond acceptors (Lipinski definition) is 3. The molecular weight excluding hydrogens is 384 g/mol. The first-order valence-electron chi connectivity index (χ1n) is 11.6. The topological polar surface area (TPSA) is 35.5 Å². The van der Waals surface area contributed by atoms with Crippen LogP contribution in [0, 0.1) is 0 Å². The highest BCUT2D eigenvalue weighted by molar-refractivity contribution is 5.69. The molecular formula is C28H40O3. The molecule has 0 spiro atoms. The molecule has 3 nitrogen and oxygen atoms in total. The van der Waals surface area contributed by atoms with Gasteiger partial charge in [0, 0.05) is 6.92 Å². The van der Waals surface area contributed by atoms with Crippen molar-refractivity contribution in [2.45, 2.75) is 98.5 Å². The van der Waals surface area contributed by atoms with Crippen LogP contribution in [0.5, 0.6) is 11.5 Å². The summed E-state index contributed by atoms with van der Waals surface area (Å²) in [6.07, 6.45) is 15.6. The van der Waals surface area contributed by atoms with E-state index >= 15 is 0 Å². The first-order chi connectivity index (χ1) is 14.7. The first kappa shape index (κ1) is 25.0. The highest BCUT2D eigenvalue weighted by Gasteiger charge is 2.31. The van der Waals surface area contributed by atoms with Crippen LogP contribution in [0.1, 0.15) is 92.1 Å². The van der Waals surface area contributed by atoms with E-state index in [2.05, 4.69) is 52.8 Å². The predicted molar refractivity (Wildman–Crippen MR) is 130 cm³/mol. The lowest BCUT2D eigenvalue weighted by atomic mass is 9.88. The van der Waals surface area contributed by atoms with Crippen LogP contribution < -0.4 is 9.47 Å². The standard InChI is InChI=1S/C28H40O3/c1-21(2)10-7-11-22(3)12-8-13-23(4)14-9-18-28(6)19-17-25-20-26(30-24(5)29)15-16-27(25)31-28/h10,12,14-16,20H,7-9,11,13,17-19H2,1-6H3/b22-12+,23-14+. The average Bonchev–Trinajstić information content (AvgIpc) is 2.67. The third-order valence-electron chi connectivity index (χ3n) is 5.86. The van der Waals surface area contributed by atoms with E-state index in [9.17, 15) is 4.79 Å². The zero-order valence-electron chi connectivity index (χ0n) is 20.3. The fourth-order valence-electron chi connectivity index (χ4n) is 3.93. The maximum Gasteiger partial charge on any atom is 0.308 e. The lowest BCUT2D eigenvalue weighted by Crippen LogP contribution is -2.36. The summed E-state index contributed by atoms with van der Waals surface area (Å²) in [5.74, 6) is 1.22. The van der Waals surface area contributed by atoms with Crippen LogP contribution >= 0.6 is 0 Å². The second-order valence-corrected chi connectivity index (χ2v) is 9.41. The van der Waals surface area contributed by atoms with Crippen LogP contribution in [0.3, 0.4) is 0 Å². The highest BCUT2D eigenvalue weighted by atomic mass is 16.5. The van der Waals surface area contributed by atoms with E-state index in [0.717, 1.165) is 62.7 Å². The molecule has 1 aromatic rings. The van der Waals surface area contributed by atoms with Gasteiger partial charge in [0.1, 0.15) is 17.1 Å².